The molecule has 0 spiro atoms. The fourth-order valence-electron chi connectivity index (χ4n) is 1.93. The zero-order valence-corrected chi connectivity index (χ0v) is 10.8. The monoisotopic (exact) mass is 269 g/mol. The van der Waals surface area contributed by atoms with Gasteiger partial charge in [0, 0.05) is 32.4 Å². The van der Waals surface area contributed by atoms with E-state index in [2.05, 4.69) is 38.1 Å². The van der Waals surface area contributed by atoms with Crippen molar-refractivity contribution in [2.45, 2.75) is 13.8 Å². The highest BCUT2D eigenvalue weighted by Gasteiger charge is 2.16. The molecule has 4 heteroatoms. The van der Waals surface area contributed by atoms with Crippen molar-refractivity contribution < 1.29 is 0 Å². The summed E-state index contributed by atoms with van der Waals surface area (Å²) in [4.78, 5) is 6.77. The third-order valence-corrected chi connectivity index (χ3v) is 3.73. The maximum Gasteiger partial charge on any atom is 0.0624 e. The van der Waals surface area contributed by atoms with Crippen LogP contribution in [-0.4, -0.2) is 31.2 Å². The molecular weight excluding hydrogens is 254 g/mol. The smallest absolute Gasteiger partial charge is 0.0624 e. The molecule has 0 atom stereocenters. The largest absolute Gasteiger partial charge is 0.368 e. The number of hydrogen-bond donors (Lipinski definition) is 1. The van der Waals surface area contributed by atoms with Gasteiger partial charge in [0.2, 0.25) is 0 Å². The fourth-order valence-corrected chi connectivity index (χ4v) is 2.60. The van der Waals surface area contributed by atoms with Gasteiger partial charge in [-0.3, -0.25) is 4.98 Å². The van der Waals surface area contributed by atoms with E-state index in [9.17, 15) is 0 Å². The van der Waals surface area contributed by atoms with E-state index in [1.165, 1.54) is 11.3 Å². The van der Waals surface area contributed by atoms with Crippen LogP contribution in [0.3, 0.4) is 0 Å². The topological polar surface area (TPSA) is 28.2 Å². The fraction of sp³-hybridized carbons (Fsp3) is 0.545. The summed E-state index contributed by atoms with van der Waals surface area (Å²) in [6.45, 7) is 8.43. The van der Waals surface area contributed by atoms with Crippen LogP contribution in [0.4, 0.5) is 5.69 Å². The van der Waals surface area contributed by atoms with Crippen LogP contribution in [0.15, 0.2) is 10.7 Å². The number of hydrogen-bond acceptors (Lipinski definition) is 3. The van der Waals surface area contributed by atoms with Gasteiger partial charge in [-0.2, -0.15) is 0 Å². The lowest BCUT2D eigenvalue weighted by Crippen LogP contribution is -2.44. The van der Waals surface area contributed by atoms with Gasteiger partial charge in [0.25, 0.3) is 0 Å². The zero-order valence-electron chi connectivity index (χ0n) is 9.18. The molecule has 15 heavy (non-hydrogen) atoms. The summed E-state index contributed by atoms with van der Waals surface area (Å²) in [6.07, 6.45) is 1.96. The molecule has 0 radical (unpaired) electrons. The highest BCUT2D eigenvalue weighted by molar-refractivity contribution is 9.10. The molecule has 0 aromatic carbocycles. The van der Waals surface area contributed by atoms with E-state index >= 15 is 0 Å². The SMILES string of the molecule is Cc1cnc(C)c(Br)c1N1CCNCC1. The van der Waals surface area contributed by atoms with Crippen LogP contribution in [0.25, 0.3) is 0 Å². The van der Waals surface area contributed by atoms with Gasteiger partial charge in [-0.05, 0) is 35.3 Å². The van der Waals surface area contributed by atoms with Crippen molar-refractivity contribution in [1.82, 2.24) is 10.3 Å². The number of aryl methyl sites for hydroxylation is 2. The first-order chi connectivity index (χ1) is 7.20. The first-order valence-electron chi connectivity index (χ1n) is 5.27. The van der Waals surface area contributed by atoms with E-state index in [0.717, 1.165) is 36.3 Å². The molecule has 1 saturated heterocycles. The average Bonchev–Trinajstić information content (AvgIpc) is 2.26. The second kappa shape index (κ2) is 4.49. The Kier molecular flexibility index (Phi) is 3.26. The minimum absolute atomic E-state index is 1.06. The molecule has 0 unspecified atom stereocenters. The van der Waals surface area contributed by atoms with Gasteiger partial charge in [-0.25, -0.2) is 0 Å². The number of nitrogens with one attached hydrogen (secondary N) is 1. The summed E-state index contributed by atoms with van der Waals surface area (Å²) in [5, 5.41) is 3.37. The van der Waals surface area contributed by atoms with E-state index < -0.39 is 0 Å². The first kappa shape index (κ1) is 10.9. The minimum atomic E-state index is 1.06. The normalized spacial score (nSPS) is 16.9. The molecule has 1 aliphatic rings. The summed E-state index contributed by atoms with van der Waals surface area (Å²) >= 11 is 3.64. The van der Waals surface area contributed by atoms with E-state index in [4.69, 9.17) is 0 Å². The number of rotatable bonds is 1. The first-order valence-corrected chi connectivity index (χ1v) is 6.07. The third kappa shape index (κ3) is 2.16. The number of halogens is 1. The molecule has 0 amide bonds. The molecule has 0 saturated carbocycles. The van der Waals surface area contributed by atoms with Crippen LogP contribution in [0.1, 0.15) is 11.3 Å². The van der Waals surface area contributed by atoms with E-state index in [-0.39, 0.29) is 0 Å². The molecule has 1 fully saturated rings. The summed E-state index contributed by atoms with van der Waals surface area (Å²) in [5.74, 6) is 0. The molecule has 1 N–H and O–H groups in total. The van der Waals surface area contributed by atoms with Gasteiger partial charge in [0.15, 0.2) is 0 Å². The molecule has 1 aliphatic heterocycles. The van der Waals surface area contributed by atoms with E-state index in [1.807, 2.05) is 13.1 Å². The van der Waals surface area contributed by atoms with Crippen molar-refractivity contribution in [3.05, 3.63) is 21.9 Å². The molecule has 3 nitrogen and oxygen atoms in total. The van der Waals surface area contributed by atoms with Gasteiger partial charge in [0.05, 0.1) is 15.9 Å². The maximum absolute atomic E-state index is 4.34. The number of pyridine rings is 1. The molecule has 1 aromatic rings. The summed E-state index contributed by atoms with van der Waals surface area (Å²) in [6, 6.07) is 0. The Morgan fingerprint density at radius 2 is 2.00 bits per heavy atom. The van der Waals surface area contributed by atoms with Crippen LogP contribution in [0.5, 0.6) is 0 Å². The lowest BCUT2D eigenvalue weighted by Gasteiger charge is -2.31. The van der Waals surface area contributed by atoms with Crippen molar-refractivity contribution in [2.24, 2.45) is 0 Å². The Labute approximate surface area is 99.0 Å². The van der Waals surface area contributed by atoms with E-state index in [1.54, 1.807) is 0 Å². The Bertz CT molecular complexity index is 359. The summed E-state index contributed by atoms with van der Waals surface area (Å²) in [7, 11) is 0. The molecule has 2 rings (SSSR count). The number of aromatic nitrogens is 1. The molecule has 2 heterocycles. The third-order valence-electron chi connectivity index (χ3n) is 2.78. The molecule has 82 valence electrons. The Morgan fingerprint density at radius 3 is 2.67 bits per heavy atom. The lowest BCUT2D eigenvalue weighted by molar-refractivity contribution is 0.587. The number of nitrogens with zero attached hydrogens (tertiary/aromatic N) is 2. The average molecular weight is 270 g/mol. The van der Waals surface area contributed by atoms with Crippen LogP contribution in [-0.2, 0) is 0 Å². The highest BCUT2D eigenvalue weighted by atomic mass is 79.9. The van der Waals surface area contributed by atoms with Crippen LogP contribution in [0, 0.1) is 13.8 Å². The van der Waals surface area contributed by atoms with Gasteiger partial charge >= 0.3 is 0 Å². The van der Waals surface area contributed by atoms with Crippen molar-refractivity contribution in [3.63, 3.8) is 0 Å². The Morgan fingerprint density at radius 1 is 1.33 bits per heavy atom. The van der Waals surface area contributed by atoms with Crippen molar-refractivity contribution >= 4 is 21.6 Å². The van der Waals surface area contributed by atoms with Crippen molar-refractivity contribution in [2.75, 3.05) is 31.1 Å². The lowest BCUT2D eigenvalue weighted by atomic mass is 10.2. The molecule has 0 bridgehead atoms. The Balaban J connectivity index is 2.36. The molecule has 0 aliphatic carbocycles. The molecular formula is C11H16BrN3. The predicted octanol–water partition coefficient (Wildman–Crippen LogP) is 1.87. The van der Waals surface area contributed by atoms with E-state index in [0.29, 0.717) is 0 Å². The minimum Gasteiger partial charge on any atom is -0.368 e. The van der Waals surface area contributed by atoms with Crippen LogP contribution < -0.4 is 10.2 Å². The Hall–Kier alpha value is -0.610. The van der Waals surface area contributed by atoms with Gasteiger partial charge in [0.1, 0.15) is 0 Å². The second-order valence-electron chi connectivity index (χ2n) is 3.93. The number of piperazine rings is 1. The standard InChI is InChI=1S/C11H16BrN3/c1-8-7-14-9(2)10(12)11(8)15-5-3-13-4-6-15/h7,13H,3-6H2,1-2H3. The van der Waals surface area contributed by atoms with Gasteiger partial charge in [-0.1, -0.05) is 0 Å². The second-order valence-corrected chi connectivity index (χ2v) is 4.72. The van der Waals surface area contributed by atoms with Crippen molar-refractivity contribution in [1.29, 1.82) is 0 Å². The van der Waals surface area contributed by atoms with Gasteiger partial charge in [-0.15, -0.1) is 0 Å². The maximum atomic E-state index is 4.34. The zero-order chi connectivity index (χ0) is 10.8. The van der Waals surface area contributed by atoms with Crippen molar-refractivity contribution in [3.8, 4) is 0 Å². The van der Waals surface area contributed by atoms with Crippen LogP contribution in [0.2, 0.25) is 0 Å². The summed E-state index contributed by atoms with van der Waals surface area (Å²) < 4.78 is 1.14. The predicted molar refractivity (Wildman–Crippen MR) is 66.5 cm³/mol. The highest BCUT2D eigenvalue weighted by Crippen LogP contribution is 2.31. The molecule has 1 aromatic heterocycles. The quantitative estimate of drug-likeness (QED) is 0.844. The van der Waals surface area contributed by atoms with Gasteiger partial charge < -0.3 is 10.2 Å². The number of anilines is 1. The van der Waals surface area contributed by atoms with Crippen LogP contribution >= 0.6 is 15.9 Å². The summed E-state index contributed by atoms with van der Waals surface area (Å²) in [5.41, 5.74) is 3.62.